The van der Waals surface area contributed by atoms with Gasteiger partial charge in [0.2, 0.25) is 0 Å². The Hall–Kier alpha value is -2.80. The number of nitrogens with zero attached hydrogens (tertiary/aromatic N) is 1. The van der Waals surface area contributed by atoms with Crippen LogP contribution in [0.15, 0.2) is 42.5 Å². The summed E-state index contributed by atoms with van der Waals surface area (Å²) in [6.45, 7) is 0. The molecule has 1 heterocycles. The lowest BCUT2D eigenvalue weighted by molar-refractivity contribution is -0.383. The molecular formula is C20H13NO5. The Morgan fingerprint density at radius 2 is 1.65 bits per heavy atom. The molecule has 0 bridgehead atoms. The number of nitro benzene ring substituents is 1. The van der Waals surface area contributed by atoms with Gasteiger partial charge in [0.25, 0.3) is 5.69 Å². The van der Waals surface area contributed by atoms with Crippen molar-refractivity contribution in [2.45, 2.75) is 24.4 Å². The number of non-ortho nitro benzene ring substituents is 1. The third-order valence-electron chi connectivity index (χ3n) is 5.82. The number of aliphatic hydroxyl groups excluding tert-OH is 2. The first-order valence-corrected chi connectivity index (χ1v) is 8.46. The zero-order chi connectivity index (χ0) is 17.7. The van der Waals surface area contributed by atoms with Crippen LogP contribution in [0, 0.1) is 10.1 Å². The van der Waals surface area contributed by atoms with Gasteiger partial charge in [-0.1, -0.05) is 18.2 Å². The van der Waals surface area contributed by atoms with Crippen molar-refractivity contribution in [3.05, 3.63) is 63.7 Å². The Morgan fingerprint density at radius 3 is 2.46 bits per heavy atom. The fourth-order valence-corrected chi connectivity index (χ4v) is 4.61. The Morgan fingerprint density at radius 1 is 0.962 bits per heavy atom. The number of ether oxygens (including phenoxy) is 1. The summed E-state index contributed by atoms with van der Waals surface area (Å²) < 4.78 is 5.62. The summed E-state index contributed by atoms with van der Waals surface area (Å²) in [5.41, 5.74) is 1.65. The zero-order valence-corrected chi connectivity index (χ0v) is 13.4. The Labute approximate surface area is 146 Å². The molecule has 1 saturated heterocycles. The smallest absolute Gasteiger partial charge is 0.277 e. The molecule has 2 aliphatic rings. The molecule has 6 rings (SSSR count). The minimum absolute atomic E-state index is 0.0839. The minimum Gasteiger partial charge on any atom is -0.387 e. The number of fused-ring (bicyclic) bond motifs is 4. The molecule has 4 aromatic carbocycles. The monoisotopic (exact) mass is 347 g/mol. The van der Waals surface area contributed by atoms with Crippen molar-refractivity contribution in [3.8, 4) is 0 Å². The molecule has 6 nitrogen and oxygen atoms in total. The third kappa shape index (κ3) is 1.57. The van der Waals surface area contributed by atoms with Crippen molar-refractivity contribution < 1.29 is 19.9 Å². The molecule has 1 aliphatic carbocycles. The number of hydrogen-bond acceptors (Lipinski definition) is 5. The molecule has 0 aromatic heterocycles. The molecule has 4 aromatic rings. The van der Waals surface area contributed by atoms with Crippen LogP contribution in [0.25, 0.3) is 32.3 Å². The van der Waals surface area contributed by atoms with Crippen LogP contribution in [-0.4, -0.2) is 27.3 Å². The Kier molecular flexibility index (Phi) is 2.48. The summed E-state index contributed by atoms with van der Waals surface area (Å²) >= 11 is 0. The maximum absolute atomic E-state index is 11.4. The van der Waals surface area contributed by atoms with Gasteiger partial charge in [-0.15, -0.1) is 0 Å². The highest BCUT2D eigenvalue weighted by Gasteiger charge is 2.54. The van der Waals surface area contributed by atoms with Crippen LogP contribution in [0.2, 0.25) is 0 Å². The van der Waals surface area contributed by atoms with Crippen molar-refractivity contribution >= 4 is 38.0 Å². The van der Waals surface area contributed by atoms with Crippen LogP contribution in [0.3, 0.4) is 0 Å². The van der Waals surface area contributed by atoms with Crippen LogP contribution in [0.4, 0.5) is 5.69 Å². The van der Waals surface area contributed by atoms with Crippen molar-refractivity contribution in [3.63, 3.8) is 0 Å². The summed E-state index contributed by atoms with van der Waals surface area (Å²) in [6.07, 6.45) is -2.54. The fourth-order valence-electron chi connectivity index (χ4n) is 4.61. The second kappa shape index (κ2) is 4.48. The average molecular weight is 347 g/mol. The molecule has 0 radical (unpaired) electrons. The standard InChI is InChI=1S/C20H13NO5/c22-17-12-7-9-2-1-8-3-6-13(21(24)25)10-4-5-11(15(9)14(8)10)16(12)19-20(26-19)18(17)23/h1-7,17-20,22-23H/t17-,18+,19-,20+/m0/s1. The molecule has 128 valence electrons. The van der Waals surface area contributed by atoms with Gasteiger partial charge >= 0.3 is 0 Å². The van der Waals surface area contributed by atoms with Crippen molar-refractivity contribution in [2.75, 3.05) is 0 Å². The first kappa shape index (κ1) is 14.4. The number of epoxide rings is 1. The topological polar surface area (TPSA) is 96.1 Å². The lowest BCUT2D eigenvalue weighted by atomic mass is 9.81. The van der Waals surface area contributed by atoms with Crippen LogP contribution in [0.5, 0.6) is 0 Å². The largest absolute Gasteiger partial charge is 0.387 e. The normalized spacial score (nSPS) is 27.0. The van der Waals surface area contributed by atoms with Crippen LogP contribution in [0.1, 0.15) is 23.3 Å². The molecule has 0 unspecified atom stereocenters. The Balaban J connectivity index is 1.82. The van der Waals surface area contributed by atoms with E-state index >= 15 is 0 Å². The van der Waals surface area contributed by atoms with E-state index in [1.807, 2.05) is 24.3 Å². The summed E-state index contributed by atoms with van der Waals surface area (Å²) in [7, 11) is 0. The van der Waals surface area contributed by atoms with E-state index in [1.54, 1.807) is 12.1 Å². The summed E-state index contributed by atoms with van der Waals surface area (Å²) in [4.78, 5) is 11.1. The molecule has 4 atom stereocenters. The average Bonchev–Trinajstić information content (AvgIpc) is 3.43. The molecule has 0 spiro atoms. The predicted octanol–water partition coefficient (Wildman–Crippen LogP) is 3.34. The van der Waals surface area contributed by atoms with Crippen molar-refractivity contribution in [2.24, 2.45) is 0 Å². The van der Waals surface area contributed by atoms with Crippen LogP contribution < -0.4 is 0 Å². The zero-order valence-electron chi connectivity index (χ0n) is 13.4. The quantitative estimate of drug-likeness (QED) is 0.238. The second-order valence-electron chi connectivity index (χ2n) is 7.10. The van der Waals surface area contributed by atoms with Crippen molar-refractivity contribution in [1.82, 2.24) is 0 Å². The van der Waals surface area contributed by atoms with Crippen LogP contribution in [-0.2, 0) is 4.74 Å². The second-order valence-corrected chi connectivity index (χ2v) is 7.10. The molecule has 2 N–H and O–H groups in total. The van der Waals surface area contributed by atoms with E-state index in [0.717, 1.165) is 32.5 Å². The number of rotatable bonds is 1. The lowest BCUT2D eigenvalue weighted by Gasteiger charge is -2.25. The summed E-state index contributed by atoms with van der Waals surface area (Å²) in [6, 6.07) is 12.7. The van der Waals surface area contributed by atoms with Crippen molar-refractivity contribution in [1.29, 1.82) is 0 Å². The molecule has 0 amide bonds. The maximum atomic E-state index is 11.4. The first-order chi connectivity index (χ1) is 12.6. The fraction of sp³-hybridized carbons (Fsp3) is 0.200. The highest BCUT2D eigenvalue weighted by atomic mass is 16.6. The molecule has 6 heteroatoms. The van der Waals surface area contributed by atoms with Crippen LogP contribution >= 0.6 is 0 Å². The molecular weight excluding hydrogens is 334 g/mol. The van der Waals surface area contributed by atoms with Gasteiger partial charge in [0.05, 0.1) is 10.3 Å². The van der Waals surface area contributed by atoms with E-state index in [2.05, 4.69) is 0 Å². The molecule has 1 fully saturated rings. The number of benzene rings is 4. The van der Waals surface area contributed by atoms with Gasteiger partial charge in [-0.05, 0) is 50.9 Å². The van der Waals surface area contributed by atoms with E-state index in [0.29, 0.717) is 10.9 Å². The Bertz CT molecular complexity index is 1250. The summed E-state index contributed by atoms with van der Waals surface area (Å²) in [5.74, 6) is 0. The lowest BCUT2D eigenvalue weighted by Crippen LogP contribution is -2.29. The van der Waals surface area contributed by atoms with Gasteiger partial charge in [0, 0.05) is 11.5 Å². The van der Waals surface area contributed by atoms with Gasteiger partial charge in [0.15, 0.2) is 0 Å². The molecule has 1 aliphatic heterocycles. The van der Waals surface area contributed by atoms with E-state index in [4.69, 9.17) is 4.74 Å². The third-order valence-corrected chi connectivity index (χ3v) is 5.82. The maximum Gasteiger partial charge on any atom is 0.277 e. The van der Waals surface area contributed by atoms with Gasteiger partial charge < -0.3 is 14.9 Å². The highest BCUT2D eigenvalue weighted by molar-refractivity contribution is 6.25. The van der Waals surface area contributed by atoms with Gasteiger partial charge in [0.1, 0.15) is 24.4 Å². The predicted molar refractivity (Wildman–Crippen MR) is 95.4 cm³/mol. The minimum atomic E-state index is -0.995. The molecule has 0 saturated carbocycles. The van der Waals surface area contributed by atoms with E-state index < -0.39 is 12.2 Å². The number of hydrogen-bond donors (Lipinski definition) is 2. The highest BCUT2D eigenvalue weighted by Crippen LogP contribution is 2.54. The van der Waals surface area contributed by atoms with Gasteiger partial charge in [-0.25, -0.2) is 0 Å². The van der Waals surface area contributed by atoms with E-state index in [1.165, 1.54) is 6.07 Å². The SMILES string of the molecule is O=[N+]([O-])c1ccc2ccc3cc4c(c5ccc1c2c35)[C@@H]1O[C@@H]1[C@H](O)[C@H]4O. The van der Waals surface area contributed by atoms with E-state index in [9.17, 15) is 20.3 Å². The number of nitro groups is 1. The van der Waals surface area contributed by atoms with E-state index in [-0.39, 0.29) is 22.8 Å². The van der Waals surface area contributed by atoms with Gasteiger partial charge in [-0.2, -0.15) is 0 Å². The summed E-state index contributed by atoms with van der Waals surface area (Å²) in [5, 5.41) is 37.3. The number of aliphatic hydroxyl groups is 2. The first-order valence-electron chi connectivity index (χ1n) is 8.46. The molecule has 26 heavy (non-hydrogen) atoms. The van der Waals surface area contributed by atoms with Gasteiger partial charge in [-0.3, -0.25) is 10.1 Å².